The quantitative estimate of drug-likeness (QED) is 0.914. The number of methoxy groups -OCH3 is 1. The highest BCUT2D eigenvalue weighted by Crippen LogP contribution is 2.35. The number of amides is 1. The third kappa shape index (κ3) is 3.67. The lowest BCUT2D eigenvalue weighted by molar-refractivity contribution is -0.114. The van der Waals surface area contributed by atoms with E-state index in [4.69, 9.17) is 4.74 Å². The number of nitrogens with one attached hydrogen (secondary N) is 1. The van der Waals surface area contributed by atoms with E-state index in [1.54, 1.807) is 16.4 Å². The van der Waals surface area contributed by atoms with Crippen LogP contribution in [0.15, 0.2) is 23.1 Å². The van der Waals surface area contributed by atoms with Crippen LogP contribution in [0.5, 0.6) is 5.75 Å². The summed E-state index contributed by atoms with van der Waals surface area (Å²) < 4.78 is 33.1. The van der Waals surface area contributed by atoms with Crippen molar-refractivity contribution in [1.82, 2.24) is 4.31 Å². The van der Waals surface area contributed by atoms with Crippen molar-refractivity contribution in [3.63, 3.8) is 0 Å². The van der Waals surface area contributed by atoms with E-state index in [-0.39, 0.29) is 28.6 Å². The van der Waals surface area contributed by atoms with Crippen molar-refractivity contribution >= 4 is 21.6 Å². The smallest absolute Gasteiger partial charge is 0.247 e. The lowest BCUT2D eigenvalue weighted by Gasteiger charge is -2.37. The third-order valence-electron chi connectivity index (χ3n) is 4.15. The van der Waals surface area contributed by atoms with Crippen molar-refractivity contribution in [2.75, 3.05) is 12.4 Å². The number of carbonyl (C=O) groups is 1. The molecule has 1 saturated heterocycles. The Morgan fingerprint density at radius 2 is 1.87 bits per heavy atom. The fourth-order valence-electron chi connectivity index (χ4n) is 3.14. The number of benzene rings is 1. The van der Waals surface area contributed by atoms with Crippen molar-refractivity contribution in [2.24, 2.45) is 0 Å². The van der Waals surface area contributed by atoms with E-state index in [0.717, 1.165) is 19.3 Å². The van der Waals surface area contributed by atoms with Gasteiger partial charge < -0.3 is 10.1 Å². The first-order chi connectivity index (χ1) is 10.8. The summed E-state index contributed by atoms with van der Waals surface area (Å²) in [6.07, 6.45) is 2.71. The van der Waals surface area contributed by atoms with Crippen LogP contribution in [0.4, 0.5) is 5.69 Å². The molecule has 2 unspecified atom stereocenters. The van der Waals surface area contributed by atoms with Crippen molar-refractivity contribution < 1.29 is 17.9 Å². The van der Waals surface area contributed by atoms with E-state index < -0.39 is 10.0 Å². The maximum Gasteiger partial charge on any atom is 0.247 e. The highest BCUT2D eigenvalue weighted by Gasteiger charge is 2.37. The molecular formula is C16H24N2O4S. The van der Waals surface area contributed by atoms with Crippen molar-refractivity contribution in [3.05, 3.63) is 18.2 Å². The number of piperidine rings is 1. The van der Waals surface area contributed by atoms with Gasteiger partial charge in [0.2, 0.25) is 15.9 Å². The molecule has 0 aromatic heterocycles. The molecule has 128 valence electrons. The molecule has 1 aliphatic rings. The largest absolute Gasteiger partial charge is 0.495 e. The Hall–Kier alpha value is -1.60. The molecule has 1 aromatic rings. The molecule has 1 aromatic carbocycles. The van der Waals surface area contributed by atoms with Gasteiger partial charge in [-0.05, 0) is 44.9 Å². The highest BCUT2D eigenvalue weighted by atomic mass is 32.2. The molecule has 0 radical (unpaired) electrons. The number of nitrogens with zero attached hydrogens (tertiary/aromatic N) is 1. The Kier molecular flexibility index (Phi) is 5.31. The molecule has 1 amide bonds. The summed E-state index contributed by atoms with van der Waals surface area (Å²) in [7, 11) is -2.26. The third-order valence-corrected chi connectivity index (χ3v) is 6.30. The average Bonchev–Trinajstić information content (AvgIpc) is 2.46. The molecule has 1 heterocycles. The van der Waals surface area contributed by atoms with Gasteiger partial charge in [0, 0.05) is 24.7 Å². The zero-order chi connectivity index (χ0) is 17.2. The first-order valence-corrected chi connectivity index (χ1v) is 9.20. The molecule has 23 heavy (non-hydrogen) atoms. The summed E-state index contributed by atoms with van der Waals surface area (Å²) in [5.41, 5.74) is 0.439. The van der Waals surface area contributed by atoms with Gasteiger partial charge in [0.1, 0.15) is 10.6 Å². The lowest BCUT2D eigenvalue weighted by Crippen LogP contribution is -2.47. The van der Waals surface area contributed by atoms with Crippen LogP contribution in [0.2, 0.25) is 0 Å². The zero-order valence-electron chi connectivity index (χ0n) is 14.0. The van der Waals surface area contributed by atoms with Gasteiger partial charge in [-0.15, -0.1) is 0 Å². The molecule has 1 fully saturated rings. The number of sulfonamides is 1. The number of hydrogen-bond acceptors (Lipinski definition) is 4. The van der Waals surface area contributed by atoms with E-state index in [2.05, 4.69) is 5.32 Å². The second-order valence-corrected chi connectivity index (χ2v) is 7.82. The maximum absolute atomic E-state index is 13.2. The molecule has 0 bridgehead atoms. The van der Waals surface area contributed by atoms with Crippen LogP contribution >= 0.6 is 0 Å². The van der Waals surface area contributed by atoms with E-state index in [1.807, 2.05) is 13.8 Å². The Morgan fingerprint density at radius 3 is 2.39 bits per heavy atom. The average molecular weight is 340 g/mol. The Balaban J connectivity index is 2.50. The van der Waals surface area contributed by atoms with E-state index in [0.29, 0.717) is 5.69 Å². The summed E-state index contributed by atoms with van der Waals surface area (Å²) in [6.45, 7) is 5.24. The SMILES string of the molecule is COc1ccc(NC(C)=O)cc1S(=O)(=O)N1C(C)CCCC1C. The van der Waals surface area contributed by atoms with Gasteiger partial charge in [-0.25, -0.2) is 8.42 Å². The number of carbonyl (C=O) groups excluding carboxylic acids is 1. The maximum atomic E-state index is 13.2. The van der Waals surface area contributed by atoms with Crippen LogP contribution in [-0.4, -0.2) is 37.8 Å². The van der Waals surface area contributed by atoms with Crippen LogP contribution in [-0.2, 0) is 14.8 Å². The second kappa shape index (κ2) is 6.88. The predicted octanol–water partition coefficient (Wildman–Crippen LogP) is 2.61. The van der Waals surface area contributed by atoms with Gasteiger partial charge in [-0.2, -0.15) is 4.31 Å². The second-order valence-electron chi connectivity index (χ2n) is 6.01. The van der Waals surface area contributed by atoms with Crippen molar-refractivity contribution in [2.45, 2.75) is 57.0 Å². The van der Waals surface area contributed by atoms with Gasteiger partial charge in [0.05, 0.1) is 7.11 Å². The monoisotopic (exact) mass is 340 g/mol. The lowest BCUT2D eigenvalue weighted by atomic mass is 10.0. The van der Waals surface area contributed by atoms with E-state index in [9.17, 15) is 13.2 Å². The number of anilines is 1. The van der Waals surface area contributed by atoms with Crippen molar-refractivity contribution in [1.29, 1.82) is 0 Å². The standard InChI is InChI=1S/C16H24N2O4S/c1-11-6-5-7-12(2)18(11)23(20,21)16-10-14(17-13(3)19)8-9-15(16)22-4/h8-12H,5-7H2,1-4H3,(H,17,19). The topological polar surface area (TPSA) is 75.7 Å². The molecule has 2 atom stereocenters. The minimum absolute atomic E-state index is 0.0575. The van der Waals surface area contributed by atoms with E-state index in [1.165, 1.54) is 20.1 Å². The van der Waals surface area contributed by atoms with Gasteiger partial charge in [0.15, 0.2) is 0 Å². The van der Waals surface area contributed by atoms with Crippen LogP contribution < -0.4 is 10.1 Å². The normalized spacial score (nSPS) is 22.6. The number of ether oxygens (including phenoxy) is 1. The summed E-state index contributed by atoms with van der Waals surface area (Å²) in [4.78, 5) is 11.3. The summed E-state index contributed by atoms with van der Waals surface area (Å²) >= 11 is 0. The van der Waals surface area contributed by atoms with Gasteiger partial charge in [-0.1, -0.05) is 6.42 Å². The minimum atomic E-state index is -3.70. The van der Waals surface area contributed by atoms with Crippen LogP contribution in [0.3, 0.4) is 0 Å². The van der Waals surface area contributed by atoms with Gasteiger partial charge in [0.25, 0.3) is 0 Å². The molecule has 0 aliphatic carbocycles. The minimum Gasteiger partial charge on any atom is -0.495 e. The molecule has 1 aliphatic heterocycles. The summed E-state index contributed by atoms with van der Waals surface area (Å²) in [5.74, 6) is 0.0299. The molecule has 1 N–H and O–H groups in total. The first kappa shape index (κ1) is 17.7. The highest BCUT2D eigenvalue weighted by molar-refractivity contribution is 7.89. The molecule has 0 saturated carbocycles. The van der Waals surface area contributed by atoms with E-state index >= 15 is 0 Å². The Bertz CT molecular complexity index is 677. The fourth-order valence-corrected chi connectivity index (χ4v) is 5.21. The fraction of sp³-hybridized carbons (Fsp3) is 0.562. The summed E-state index contributed by atoms with van der Waals surface area (Å²) in [6, 6.07) is 4.54. The Labute approximate surface area is 137 Å². The molecule has 6 nitrogen and oxygen atoms in total. The van der Waals surface area contributed by atoms with Crippen molar-refractivity contribution in [3.8, 4) is 5.75 Å². The van der Waals surface area contributed by atoms with Crippen LogP contribution in [0, 0.1) is 0 Å². The molecular weight excluding hydrogens is 316 g/mol. The Morgan fingerprint density at radius 1 is 1.26 bits per heavy atom. The number of rotatable bonds is 4. The first-order valence-electron chi connectivity index (χ1n) is 7.76. The molecule has 7 heteroatoms. The van der Waals surface area contributed by atoms with Gasteiger partial charge >= 0.3 is 0 Å². The molecule has 2 rings (SSSR count). The van der Waals surface area contributed by atoms with Crippen LogP contribution in [0.25, 0.3) is 0 Å². The zero-order valence-corrected chi connectivity index (χ0v) is 14.8. The summed E-state index contributed by atoms with van der Waals surface area (Å²) in [5, 5.41) is 2.62. The predicted molar refractivity (Wildman–Crippen MR) is 89.1 cm³/mol. The van der Waals surface area contributed by atoms with Crippen LogP contribution in [0.1, 0.15) is 40.0 Å². The molecule has 0 spiro atoms. The number of hydrogen-bond donors (Lipinski definition) is 1. The van der Waals surface area contributed by atoms with Gasteiger partial charge in [-0.3, -0.25) is 4.79 Å².